The Labute approximate surface area is 110 Å². The van der Waals surface area contributed by atoms with Gasteiger partial charge in [-0.2, -0.15) is 0 Å². The van der Waals surface area contributed by atoms with E-state index in [4.69, 9.17) is 0 Å². The largest absolute Gasteiger partial charge is 0.316 e. The highest BCUT2D eigenvalue weighted by Gasteiger charge is 2.22. The number of halogens is 1. The third-order valence-electron chi connectivity index (χ3n) is 3.77. The van der Waals surface area contributed by atoms with Crippen molar-refractivity contribution in [2.24, 2.45) is 11.8 Å². The van der Waals surface area contributed by atoms with Gasteiger partial charge in [-0.3, -0.25) is 0 Å². The lowest BCUT2D eigenvalue weighted by molar-refractivity contribution is 0.307. The molecule has 4 nitrogen and oxygen atoms in total. The Morgan fingerprint density at radius 2 is 1.94 bits per heavy atom. The Kier molecular flexibility index (Phi) is 6.20. The highest BCUT2D eigenvalue weighted by Crippen LogP contribution is 2.29. The molecule has 6 heteroatoms. The lowest BCUT2D eigenvalue weighted by atomic mass is 9.84. The molecule has 2 fully saturated rings. The van der Waals surface area contributed by atoms with Crippen LogP contribution in [-0.4, -0.2) is 33.8 Å². The molecule has 1 saturated heterocycles. The van der Waals surface area contributed by atoms with Gasteiger partial charge in [0.1, 0.15) is 0 Å². The summed E-state index contributed by atoms with van der Waals surface area (Å²) in [6, 6.07) is 0. The van der Waals surface area contributed by atoms with Crippen LogP contribution in [-0.2, 0) is 10.0 Å². The molecule has 2 N–H and O–H groups in total. The summed E-state index contributed by atoms with van der Waals surface area (Å²) in [5, 5.41) is 3.24. The maximum atomic E-state index is 11.7. The highest BCUT2D eigenvalue weighted by atomic mass is 35.5. The molecule has 0 radical (unpaired) electrons. The lowest BCUT2D eigenvalue weighted by Crippen LogP contribution is -2.33. The fourth-order valence-electron chi connectivity index (χ4n) is 2.31. The van der Waals surface area contributed by atoms with Crippen LogP contribution in [0.4, 0.5) is 0 Å². The minimum Gasteiger partial charge on any atom is -0.316 e. The van der Waals surface area contributed by atoms with Gasteiger partial charge in [-0.1, -0.05) is 19.3 Å². The van der Waals surface area contributed by atoms with Crippen LogP contribution in [0.15, 0.2) is 0 Å². The second kappa shape index (κ2) is 6.92. The molecule has 1 saturated carbocycles. The van der Waals surface area contributed by atoms with Gasteiger partial charge in [0, 0.05) is 6.54 Å². The van der Waals surface area contributed by atoms with Crippen LogP contribution in [0.2, 0.25) is 0 Å². The fraction of sp³-hybridized carbons (Fsp3) is 1.00. The average Bonchev–Trinajstić information content (AvgIpc) is 2.64. The molecular formula is C11H23ClN2O2S. The Balaban J connectivity index is 0.00000144. The number of sulfonamides is 1. The van der Waals surface area contributed by atoms with E-state index in [0.717, 1.165) is 25.9 Å². The number of nitrogens with one attached hydrogen (secondary N) is 2. The molecule has 0 bridgehead atoms. The van der Waals surface area contributed by atoms with Crippen LogP contribution < -0.4 is 10.0 Å². The van der Waals surface area contributed by atoms with Gasteiger partial charge in [0.05, 0.1) is 5.75 Å². The number of hydrogen-bond donors (Lipinski definition) is 2. The van der Waals surface area contributed by atoms with Crippen LogP contribution in [0, 0.1) is 11.8 Å². The van der Waals surface area contributed by atoms with Gasteiger partial charge in [0.2, 0.25) is 10.0 Å². The summed E-state index contributed by atoms with van der Waals surface area (Å²) in [5.41, 5.74) is 0. The summed E-state index contributed by atoms with van der Waals surface area (Å²) in [7, 11) is -3.02. The van der Waals surface area contributed by atoms with Gasteiger partial charge >= 0.3 is 0 Å². The summed E-state index contributed by atoms with van der Waals surface area (Å²) in [5.74, 6) is 1.47. The molecule has 1 aliphatic carbocycles. The minimum atomic E-state index is -3.02. The third kappa shape index (κ3) is 5.12. The zero-order valence-corrected chi connectivity index (χ0v) is 11.8. The standard InChI is InChI=1S/C11H22N2O2S.ClH/c14-16(15,7-5-10-2-1-3-10)13-9-11-4-6-12-8-11;/h10-13H,1-9H2;1H. The molecule has 0 aromatic heterocycles. The van der Waals surface area contributed by atoms with E-state index in [0.29, 0.717) is 24.1 Å². The van der Waals surface area contributed by atoms with E-state index in [9.17, 15) is 8.42 Å². The second-order valence-corrected chi connectivity index (χ2v) is 7.04. The van der Waals surface area contributed by atoms with E-state index in [2.05, 4.69) is 10.0 Å². The van der Waals surface area contributed by atoms with Crippen molar-refractivity contribution in [3.63, 3.8) is 0 Å². The summed E-state index contributed by atoms with van der Waals surface area (Å²) >= 11 is 0. The van der Waals surface area contributed by atoms with Gasteiger partial charge in [-0.05, 0) is 37.8 Å². The maximum absolute atomic E-state index is 11.7. The molecule has 1 unspecified atom stereocenters. The Bertz CT molecular complexity index is 311. The van der Waals surface area contributed by atoms with Crippen LogP contribution in [0.3, 0.4) is 0 Å². The highest BCUT2D eigenvalue weighted by molar-refractivity contribution is 7.89. The first-order valence-corrected chi connectivity index (χ1v) is 7.99. The van der Waals surface area contributed by atoms with Crippen molar-refractivity contribution in [3.05, 3.63) is 0 Å². The average molecular weight is 283 g/mol. The zero-order chi connectivity index (χ0) is 11.4. The van der Waals surface area contributed by atoms with Crippen molar-refractivity contribution in [2.75, 3.05) is 25.4 Å². The normalized spacial score (nSPS) is 25.3. The predicted octanol–water partition coefficient (Wildman–Crippen LogP) is 1.13. The summed E-state index contributed by atoms with van der Waals surface area (Å²) < 4.78 is 26.1. The van der Waals surface area contributed by atoms with Crippen molar-refractivity contribution in [3.8, 4) is 0 Å². The summed E-state index contributed by atoms with van der Waals surface area (Å²) in [6.07, 6.45) is 5.67. The maximum Gasteiger partial charge on any atom is 0.211 e. The molecule has 0 spiro atoms. The van der Waals surface area contributed by atoms with Crippen molar-refractivity contribution in [2.45, 2.75) is 32.1 Å². The Hall–Kier alpha value is 0.160. The first-order chi connectivity index (χ1) is 7.66. The van der Waals surface area contributed by atoms with Crippen LogP contribution in [0.1, 0.15) is 32.1 Å². The smallest absolute Gasteiger partial charge is 0.211 e. The molecule has 1 aliphatic heterocycles. The predicted molar refractivity (Wildman–Crippen MR) is 72.0 cm³/mol. The van der Waals surface area contributed by atoms with Crippen LogP contribution in [0.25, 0.3) is 0 Å². The van der Waals surface area contributed by atoms with Gasteiger partial charge < -0.3 is 5.32 Å². The lowest BCUT2D eigenvalue weighted by Gasteiger charge is -2.25. The van der Waals surface area contributed by atoms with E-state index in [1.807, 2.05) is 0 Å². The summed E-state index contributed by atoms with van der Waals surface area (Å²) in [4.78, 5) is 0. The number of hydrogen-bond acceptors (Lipinski definition) is 3. The molecule has 0 amide bonds. The van der Waals surface area contributed by atoms with Crippen molar-refractivity contribution >= 4 is 22.4 Å². The molecule has 2 aliphatic rings. The van der Waals surface area contributed by atoms with Crippen LogP contribution >= 0.6 is 12.4 Å². The topological polar surface area (TPSA) is 58.2 Å². The zero-order valence-electron chi connectivity index (χ0n) is 10.2. The molecule has 17 heavy (non-hydrogen) atoms. The van der Waals surface area contributed by atoms with Gasteiger partial charge in [-0.25, -0.2) is 13.1 Å². The van der Waals surface area contributed by atoms with Gasteiger partial charge in [0.15, 0.2) is 0 Å². The van der Waals surface area contributed by atoms with E-state index in [1.165, 1.54) is 19.3 Å². The van der Waals surface area contributed by atoms with E-state index in [-0.39, 0.29) is 12.4 Å². The number of rotatable bonds is 6. The fourth-order valence-corrected chi connectivity index (χ4v) is 3.59. The molecule has 1 atom stereocenters. The third-order valence-corrected chi connectivity index (χ3v) is 5.15. The Morgan fingerprint density at radius 1 is 1.18 bits per heavy atom. The molecular weight excluding hydrogens is 260 g/mol. The SMILES string of the molecule is Cl.O=S(=O)(CCC1CCC1)NCC1CCNC1. The molecule has 102 valence electrons. The molecule has 0 aromatic carbocycles. The minimum absolute atomic E-state index is 0. The molecule has 2 rings (SSSR count). The van der Waals surface area contributed by atoms with Crippen molar-refractivity contribution in [1.29, 1.82) is 0 Å². The van der Waals surface area contributed by atoms with Crippen molar-refractivity contribution in [1.82, 2.24) is 10.0 Å². The van der Waals surface area contributed by atoms with Gasteiger partial charge in [-0.15, -0.1) is 12.4 Å². The van der Waals surface area contributed by atoms with E-state index < -0.39 is 10.0 Å². The van der Waals surface area contributed by atoms with E-state index >= 15 is 0 Å². The molecule has 0 aromatic rings. The van der Waals surface area contributed by atoms with Crippen molar-refractivity contribution < 1.29 is 8.42 Å². The monoisotopic (exact) mass is 282 g/mol. The van der Waals surface area contributed by atoms with E-state index in [1.54, 1.807) is 0 Å². The first kappa shape index (κ1) is 15.2. The quantitative estimate of drug-likeness (QED) is 0.768. The van der Waals surface area contributed by atoms with Gasteiger partial charge in [0.25, 0.3) is 0 Å². The second-order valence-electron chi connectivity index (χ2n) is 5.11. The molecule has 1 heterocycles. The Morgan fingerprint density at radius 3 is 2.47 bits per heavy atom. The summed E-state index contributed by atoms with van der Waals surface area (Å²) in [6.45, 7) is 2.58. The van der Waals surface area contributed by atoms with Crippen LogP contribution in [0.5, 0.6) is 0 Å². The first-order valence-electron chi connectivity index (χ1n) is 6.34.